The Morgan fingerprint density at radius 2 is 1.48 bits per heavy atom. The number of benzene rings is 2. The van der Waals surface area contributed by atoms with E-state index in [1.807, 2.05) is 29.2 Å². The molecule has 0 radical (unpaired) electrons. The van der Waals surface area contributed by atoms with Crippen molar-refractivity contribution in [3.8, 4) is 11.5 Å². The molecule has 0 spiro atoms. The summed E-state index contributed by atoms with van der Waals surface area (Å²) in [5.41, 5.74) is 13.0. The molecule has 2 aromatic carbocycles. The van der Waals surface area contributed by atoms with E-state index in [0.29, 0.717) is 12.3 Å². The first kappa shape index (κ1) is 18.0. The number of halogens is 1. The first-order chi connectivity index (χ1) is 11.0. The van der Waals surface area contributed by atoms with Gasteiger partial charge in [-0.1, -0.05) is 0 Å². The maximum absolute atomic E-state index is 11.3. The molecular weight excluding hydrogens is 409 g/mol. The standard InChI is InChI=1S/C16H21IN3O3/c1-3-20(21)23-15-10-6-13(7-11-15)16(18,19)12-4-8-14(9-5-12)22-17-2/h4-11,20H,3,18-19H2,1-2H3/q-1. The van der Waals surface area contributed by atoms with E-state index in [1.54, 1.807) is 31.2 Å². The van der Waals surface area contributed by atoms with Crippen molar-refractivity contribution in [2.45, 2.75) is 12.6 Å². The topological polar surface area (TPSA) is 98.0 Å². The molecule has 126 valence electrons. The van der Waals surface area contributed by atoms with Crippen LogP contribution in [0.25, 0.3) is 0 Å². The third-order valence-electron chi connectivity index (χ3n) is 3.35. The van der Waals surface area contributed by atoms with Crippen LogP contribution in [-0.4, -0.2) is 11.5 Å². The second-order valence-electron chi connectivity index (χ2n) is 4.98. The number of quaternary nitrogens is 1. The summed E-state index contributed by atoms with van der Waals surface area (Å²) >= 11 is -0.271. The summed E-state index contributed by atoms with van der Waals surface area (Å²) in [4.78, 5) is 7.18. The van der Waals surface area contributed by atoms with Crippen LogP contribution in [0.5, 0.6) is 11.5 Å². The molecule has 23 heavy (non-hydrogen) atoms. The first-order valence-corrected chi connectivity index (χ1v) is 10.2. The molecule has 0 aliphatic carbocycles. The zero-order valence-corrected chi connectivity index (χ0v) is 15.2. The predicted octanol–water partition coefficient (Wildman–Crippen LogP) is -2.49. The van der Waals surface area contributed by atoms with Gasteiger partial charge in [-0.15, -0.1) is 0 Å². The summed E-state index contributed by atoms with van der Waals surface area (Å²) in [6.45, 7) is 2.07. The van der Waals surface area contributed by atoms with Crippen molar-refractivity contribution in [2.24, 2.45) is 11.5 Å². The van der Waals surface area contributed by atoms with Crippen LogP contribution in [-0.2, 0) is 5.66 Å². The fourth-order valence-electron chi connectivity index (χ4n) is 2.04. The summed E-state index contributed by atoms with van der Waals surface area (Å²) in [7, 11) is 0. The molecule has 2 rings (SSSR count). The third-order valence-corrected chi connectivity index (χ3v) is 4.30. The van der Waals surface area contributed by atoms with E-state index < -0.39 is 5.66 Å². The Balaban J connectivity index is 2.18. The van der Waals surface area contributed by atoms with Gasteiger partial charge in [0.15, 0.2) is 0 Å². The van der Waals surface area contributed by atoms with Crippen molar-refractivity contribution < 1.29 is 34.8 Å². The van der Waals surface area contributed by atoms with Crippen LogP contribution in [0.3, 0.4) is 0 Å². The molecule has 0 fully saturated rings. The van der Waals surface area contributed by atoms with E-state index in [2.05, 4.69) is 0 Å². The average Bonchev–Trinajstić information content (AvgIpc) is 2.56. The summed E-state index contributed by atoms with van der Waals surface area (Å²) in [6.07, 6.45) is 0. The van der Waals surface area contributed by atoms with E-state index in [0.717, 1.165) is 16.9 Å². The van der Waals surface area contributed by atoms with E-state index in [1.165, 1.54) is 0 Å². The van der Waals surface area contributed by atoms with E-state index in [4.69, 9.17) is 19.4 Å². The maximum atomic E-state index is 11.3. The van der Waals surface area contributed by atoms with Gasteiger partial charge in [0, 0.05) is 0 Å². The number of hydroxylamine groups is 2. The van der Waals surface area contributed by atoms with Crippen molar-refractivity contribution >= 4 is 0 Å². The molecule has 0 saturated carbocycles. The fraction of sp³-hybridized carbons (Fsp3) is 0.250. The Bertz CT molecular complexity index is 617. The third kappa shape index (κ3) is 4.55. The monoisotopic (exact) mass is 430 g/mol. The van der Waals surface area contributed by atoms with Gasteiger partial charge in [-0.25, -0.2) is 0 Å². The van der Waals surface area contributed by atoms with Crippen molar-refractivity contribution in [1.82, 2.24) is 0 Å². The Morgan fingerprint density at radius 1 is 1.00 bits per heavy atom. The summed E-state index contributed by atoms with van der Waals surface area (Å²) in [5, 5.41) is 11.0. The molecule has 6 nitrogen and oxygen atoms in total. The summed E-state index contributed by atoms with van der Waals surface area (Å²) in [5.74, 6) is 1.30. The minimum atomic E-state index is -1.13. The molecule has 7 heteroatoms. The van der Waals surface area contributed by atoms with E-state index >= 15 is 0 Å². The second-order valence-corrected chi connectivity index (χ2v) is 6.30. The zero-order chi connectivity index (χ0) is 16.9. The quantitative estimate of drug-likeness (QED) is 0.196. The van der Waals surface area contributed by atoms with Crippen molar-refractivity contribution in [3.05, 3.63) is 64.9 Å². The number of hydrogen-bond donors (Lipinski definition) is 3. The van der Waals surface area contributed by atoms with Crippen LogP contribution in [0, 0.1) is 5.21 Å². The van der Waals surface area contributed by atoms with Gasteiger partial charge in [0.25, 0.3) is 0 Å². The summed E-state index contributed by atoms with van der Waals surface area (Å²) in [6, 6.07) is 14.4. The molecule has 5 N–H and O–H groups in total. The van der Waals surface area contributed by atoms with Crippen molar-refractivity contribution in [2.75, 3.05) is 11.5 Å². The number of nitrogens with one attached hydrogen (secondary N) is 1. The van der Waals surface area contributed by atoms with Crippen molar-refractivity contribution in [3.63, 3.8) is 0 Å². The van der Waals surface area contributed by atoms with Gasteiger partial charge < -0.3 is 5.21 Å². The van der Waals surface area contributed by atoms with Crippen LogP contribution in [0.2, 0.25) is 0 Å². The van der Waals surface area contributed by atoms with E-state index in [-0.39, 0.29) is 26.8 Å². The number of alkyl halides is 1. The number of nitrogens with two attached hydrogens (primary N) is 2. The first-order valence-electron chi connectivity index (χ1n) is 7.13. The summed E-state index contributed by atoms with van der Waals surface area (Å²) < 4.78 is 5.52. The van der Waals surface area contributed by atoms with Crippen LogP contribution in [0.15, 0.2) is 48.5 Å². The molecule has 0 aliphatic rings. The van der Waals surface area contributed by atoms with E-state index in [9.17, 15) is 5.21 Å². The van der Waals surface area contributed by atoms with Gasteiger partial charge in [0.2, 0.25) is 0 Å². The average molecular weight is 430 g/mol. The van der Waals surface area contributed by atoms with Crippen LogP contribution in [0.1, 0.15) is 18.1 Å². The number of rotatable bonds is 7. The van der Waals surface area contributed by atoms with Gasteiger partial charge >= 0.3 is 128 Å². The van der Waals surface area contributed by atoms with Crippen LogP contribution < -0.4 is 46.2 Å². The van der Waals surface area contributed by atoms with Gasteiger partial charge in [0.1, 0.15) is 6.54 Å². The molecule has 1 unspecified atom stereocenters. The molecule has 0 heterocycles. The Morgan fingerprint density at radius 3 is 1.91 bits per heavy atom. The van der Waals surface area contributed by atoms with Gasteiger partial charge in [-0.3, -0.25) is 0 Å². The normalized spacial score (nSPS) is 12.9. The van der Waals surface area contributed by atoms with Gasteiger partial charge in [-0.2, -0.15) is 0 Å². The van der Waals surface area contributed by atoms with Gasteiger partial charge in [-0.05, 0) is 6.92 Å². The predicted molar refractivity (Wildman–Crippen MR) is 84.1 cm³/mol. The Kier molecular flexibility index (Phi) is 6.19. The molecule has 0 aliphatic heterocycles. The molecule has 0 saturated heterocycles. The van der Waals surface area contributed by atoms with Crippen LogP contribution in [0.4, 0.5) is 0 Å². The van der Waals surface area contributed by atoms with Crippen LogP contribution >= 0.6 is 0 Å². The minimum absolute atomic E-state index is 0.271. The molecule has 1 atom stereocenters. The fourth-order valence-corrected chi connectivity index (χ4v) is 2.84. The van der Waals surface area contributed by atoms with Gasteiger partial charge in [0.05, 0.1) is 0 Å². The Labute approximate surface area is 146 Å². The molecule has 0 bridgehead atoms. The number of hydrogen-bond acceptors (Lipinski definition) is 5. The molecule has 2 aromatic rings. The molecule has 0 aromatic heterocycles. The molecule has 0 amide bonds. The molecular formula is C16H21IN3O3-. The SMILES string of the molecule is CC[NH+]([O-])Oc1ccc(C(N)(N)c2ccc(O[I-]C)cc2)cc1. The second kappa shape index (κ2) is 7.93. The Hall–Kier alpha value is -1.39. The zero-order valence-electron chi connectivity index (χ0n) is 13.1. The van der Waals surface area contributed by atoms with Crippen molar-refractivity contribution in [1.29, 1.82) is 0 Å².